The summed E-state index contributed by atoms with van der Waals surface area (Å²) in [6.45, 7) is 2.04. The van der Waals surface area contributed by atoms with Crippen LogP contribution in [0.2, 0.25) is 0 Å². The van der Waals surface area contributed by atoms with E-state index in [4.69, 9.17) is 0 Å². The number of carbonyl (C=O) groups is 1. The van der Waals surface area contributed by atoms with Crippen LogP contribution in [0.15, 0.2) is 16.8 Å². The Bertz CT molecular complexity index is 323. The van der Waals surface area contributed by atoms with Crippen LogP contribution in [0.25, 0.3) is 0 Å². The van der Waals surface area contributed by atoms with Crippen molar-refractivity contribution in [1.29, 1.82) is 0 Å². The summed E-state index contributed by atoms with van der Waals surface area (Å²) in [4.78, 5) is 11.6. The third kappa shape index (κ3) is 4.55. The molecule has 0 saturated heterocycles. The van der Waals surface area contributed by atoms with Crippen LogP contribution in [0.5, 0.6) is 0 Å². The molecule has 0 bridgehead atoms. The lowest BCUT2D eigenvalue weighted by atomic mass is 10.0. The molecular weight excluding hydrogens is 242 g/mol. The summed E-state index contributed by atoms with van der Waals surface area (Å²) in [7, 11) is 0. The molecule has 0 radical (unpaired) electrons. The lowest BCUT2D eigenvalue weighted by Gasteiger charge is -2.23. The molecule has 1 amide bonds. The van der Waals surface area contributed by atoms with Gasteiger partial charge in [-0.1, -0.05) is 0 Å². The van der Waals surface area contributed by atoms with Gasteiger partial charge in [-0.3, -0.25) is 4.79 Å². The molecule has 1 aromatic rings. The Kier molecular flexibility index (Phi) is 5.31. The second kappa shape index (κ2) is 6.27. The van der Waals surface area contributed by atoms with Gasteiger partial charge in [-0.2, -0.15) is 23.1 Å². The summed E-state index contributed by atoms with van der Waals surface area (Å²) in [6.07, 6.45) is 2.68. The molecule has 1 aromatic heterocycles. The number of thiophene rings is 1. The van der Waals surface area contributed by atoms with E-state index in [0.717, 1.165) is 5.75 Å². The van der Waals surface area contributed by atoms with Crippen molar-refractivity contribution in [3.8, 4) is 0 Å². The zero-order chi connectivity index (χ0) is 12.0. The second-order valence-corrected chi connectivity index (χ2v) is 5.70. The normalized spacial score (nSPS) is 14.4. The molecule has 0 spiro atoms. The first-order valence-electron chi connectivity index (χ1n) is 5.07. The Morgan fingerprint density at radius 1 is 1.69 bits per heavy atom. The smallest absolute Gasteiger partial charge is 0.252 e. The van der Waals surface area contributed by atoms with E-state index in [0.29, 0.717) is 18.5 Å². The van der Waals surface area contributed by atoms with Crippen molar-refractivity contribution >= 4 is 29.0 Å². The van der Waals surface area contributed by atoms with Gasteiger partial charge in [-0.15, -0.1) is 0 Å². The molecular formula is C11H17NO2S2. The third-order valence-electron chi connectivity index (χ3n) is 2.26. The first kappa shape index (κ1) is 13.5. The molecule has 5 heteroatoms. The lowest BCUT2D eigenvalue weighted by Crippen LogP contribution is -2.40. The number of amides is 1. The average molecular weight is 259 g/mol. The predicted molar refractivity (Wildman–Crippen MR) is 70.3 cm³/mol. The fraction of sp³-hybridized carbons (Fsp3) is 0.545. The maximum atomic E-state index is 11.6. The highest BCUT2D eigenvalue weighted by Crippen LogP contribution is 2.12. The molecule has 1 atom stereocenters. The van der Waals surface area contributed by atoms with Crippen molar-refractivity contribution in [2.75, 3.05) is 18.6 Å². The van der Waals surface area contributed by atoms with Crippen molar-refractivity contribution in [3.05, 3.63) is 22.4 Å². The van der Waals surface area contributed by atoms with E-state index >= 15 is 0 Å². The Balaban J connectivity index is 2.36. The second-order valence-electron chi connectivity index (χ2n) is 3.93. The van der Waals surface area contributed by atoms with Crippen LogP contribution >= 0.6 is 23.1 Å². The molecule has 0 fully saturated rings. The van der Waals surface area contributed by atoms with Crippen LogP contribution in [-0.2, 0) is 0 Å². The van der Waals surface area contributed by atoms with Crippen molar-refractivity contribution in [3.63, 3.8) is 0 Å². The van der Waals surface area contributed by atoms with Crippen molar-refractivity contribution in [1.82, 2.24) is 5.32 Å². The first-order valence-corrected chi connectivity index (χ1v) is 7.40. The molecule has 1 rings (SSSR count). The molecule has 16 heavy (non-hydrogen) atoms. The largest absolute Gasteiger partial charge is 0.388 e. The van der Waals surface area contributed by atoms with Gasteiger partial charge in [0.15, 0.2) is 0 Å². The van der Waals surface area contributed by atoms with E-state index in [2.05, 4.69) is 5.32 Å². The summed E-state index contributed by atoms with van der Waals surface area (Å²) in [5.41, 5.74) is -0.167. The van der Waals surface area contributed by atoms with Gasteiger partial charge in [0.25, 0.3) is 5.91 Å². The highest BCUT2D eigenvalue weighted by molar-refractivity contribution is 7.98. The number of thioether (sulfide) groups is 1. The molecule has 3 nitrogen and oxygen atoms in total. The molecule has 90 valence electrons. The number of rotatable bonds is 6. The van der Waals surface area contributed by atoms with Gasteiger partial charge in [0.05, 0.1) is 5.60 Å². The van der Waals surface area contributed by atoms with Crippen molar-refractivity contribution < 1.29 is 9.90 Å². The van der Waals surface area contributed by atoms with E-state index in [1.54, 1.807) is 30.1 Å². The summed E-state index contributed by atoms with van der Waals surface area (Å²) >= 11 is 3.18. The molecule has 0 aromatic carbocycles. The van der Waals surface area contributed by atoms with E-state index in [-0.39, 0.29) is 5.91 Å². The SMILES string of the molecule is CSCCC(C)(O)CNC(=O)c1ccsc1. The highest BCUT2D eigenvalue weighted by atomic mass is 32.2. The zero-order valence-electron chi connectivity index (χ0n) is 9.53. The fourth-order valence-corrected chi connectivity index (χ4v) is 2.46. The van der Waals surface area contributed by atoms with Crippen LogP contribution in [0, 0.1) is 0 Å². The molecule has 1 heterocycles. The van der Waals surface area contributed by atoms with Gasteiger partial charge >= 0.3 is 0 Å². The number of nitrogens with one attached hydrogen (secondary N) is 1. The topological polar surface area (TPSA) is 49.3 Å². The van der Waals surface area contributed by atoms with Crippen LogP contribution in [-0.4, -0.2) is 35.2 Å². The lowest BCUT2D eigenvalue weighted by molar-refractivity contribution is 0.0528. The standard InChI is InChI=1S/C11H17NO2S2/c1-11(14,4-6-15-2)8-12-10(13)9-3-5-16-7-9/h3,5,7,14H,4,6,8H2,1-2H3,(H,12,13). The number of hydrogen-bond donors (Lipinski definition) is 2. The van der Waals surface area contributed by atoms with Crippen molar-refractivity contribution in [2.45, 2.75) is 18.9 Å². The van der Waals surface area contributed by atoms with E-state index in [1.807, 2.05) is 11.6 Å². The van der Waals surface area contributed by atoms with Gasteiger partial charge in [0.2, 0.25) is 0 Å². The monoisotopic (exact) mass is 259 g/mol. The number of carbonyl (C=O) groups excluding carboxylic acids is 1. The van der Waals surface area contributed by atoms with E-state index < -0.39 is 5.60 Å². The van der Waals surface area contributed by atoms with Gasteiger partial charge < -0.3 is 10.4 Å². The quantitative estimate of drug-likeness (QED) is 0.821. The number of aliphatic hydroxyl groups is 1. The minimum Gasteiger partial charge on any atom is -0.388 e. The van der Waals surface area contributed by atoms with Gasteiger partial charge in [0.1, 0.15) is 0 Å². The summed E-state index contributed by atoms with van der Waals surface area (Å²) in [5, 5.41) is 16.4. The van der Waals surface area contributed by atoms with Crippen LogP contribution in [0.1, 0.15) is 23.7 Å². The maximum Gasteiger partial charge on any atom is 0.252 e. The molecule has 1 unspecified atom stereocenters. The molecule has 0 aliphatic carbocycles. The Labute approximate surface area is 104 Å². The Morgan fingerprint density at radius 3 is 3.00 bits per heavy atom. The highest BCUT2D eigenvalue weighted by Gasteiger charge is 2.20. The minimum atomic E-state index is -0.825. The molecule has 0 saturated carbocycles. The number of hydrogen-bond acceptors (Lipinski definition) is 4. The van der Waals surface area contributed by atoms with Gasteiger partial charge in [-0.05, 0) is 36.8 Å². The average Bonchev–Trinajstić information content (AvgIpc) is 2.77. The third-order valence-corrected chi connectivity index (χ3v) is 3.55. The predicted octanol–water partition coefficient (Wildman–Crippen LogP) is 1.98. The first-order chi connectivity index (χ1) is 7.55. The van der Waals surface area contributed by atoms with E-state index in [1.165, 1.54) is 11.3 Å². The summed E-state index contributed by atoms with van der Waals surface area (Å²) in [6, 6.07) is 1.77. The van der Waals surface area contributed by atoms with Crippen LogP contribution < -0.4 is 5.32 Å². The van der Waals surface area contributed by atoms with Gasteiger partial charge in [-0.25, -0.2) is 0 Å². The van der Waals surface area contributed by atoms with Crippen LogP contribution in [0.4, 0.5) is 0 Å². The Hall–Kier alpha value is -0.520. The fourth-order valence-electron chi connectivity index (χ4n) is 1.18. The summed E-state index contributed by atoms with van der Waals surface area (Å²) in [5.74, 6) is 0.770. The molecule has 0 aliphatic rings. The van der Waals surface area contributed by atoms with E-state index in [9.17, 15) is 9.90 Å². The minimum absolute atomic E-state index is 0.120. The van der Waals surface area contributed by atoms with Gasteiger partial charge in [0, 0.05) is 17.5 Å². The Morgan fingerprint density at radius 2 is 2.44 bits per heavy atom. The zero-order valence-corrected chi connectivity index (χ0v) is 11.2. The van der Waals surface area contributed by atoms with Crippen LogP contribution in [0.3, 0.4) is 0 Å². The summed E-state index contributed by atoms with van der Waals surface area (Å²) < 4.78 is 0. The molecule has 0 aliphatic heterocycles. The van der Waals surface area contributed by atoms with Crippen molar-refractivity contribution in [2.24, 2.45) is 0 Å². The maximum absolute atomic E-state index is 11.6. The molecule has 2 N–H and O–H groups in total.